The summed E-state index contributed by atoms with van der Waals surface area (Å²) in [6.45, 7) is 4.03. The Bertz CT molecular complexity index is 615. The summed E-state index contributed by atoms with van der Waals surface area (Å²) in [6.07, 6.45) is 1.33. The van der Waals surface area contributed by atoms with Crippen LogP contribution in [0.15, 0.2) is 42.5 Å². The summed E-state index contributed by atoms with van der Waals surface area (Å²) in [5, 5.41) is 0. The highest BCUT2D eigenvalue weighted by Gasteiger charge is 2.10. The van der Waals surface area contributed by atoms with Gasteiger partial charge in [0.25, 0.3) is 0 Å². The van der Waals surface area contributed by atoms with Crippen molar-refractivity contribution in [1.29, 1.82) is 0 Å². The number of hydrogen-bond donors (Lipinski definition) is 0. The Kier molecular flexibility index (Phi) is 4.57. The molecule has 2 aromatic carbocycles. The van der Waals surface area contributed by atoms with Crippen molar-refractivity contribution < 1.29 is 9.53 Å². The number of carbonyl (C=O) groups excluding carboxylic acids is 1. The number of methoxy groups -OCH3 is 1. The fourth-order valence-corrected chi connectivity index (χ4v) is 2.35. The first-order chi connectivity index (χ1) is 9.61. The van der Waals surface area contributed by atoms with Crippen molar-refractivity contribution in [2.45, 2.75) is 26.7 Å². The van der Waals surface area contributed by atoms with E-state index in [0.717, 1.165) is 23.3 Å². The zero-order valence-electron chi connectivity index (χ0n) is 12.3. The summed E-state index contributed by atoms with van der Waals surface area (Å²) in [4.78, 5) is 12.3. The highest BCUT2D eigenvalue weighted by atomic mass is 16.5. The monoisotopic (exact) mass is 268 g/mol. The molecule has 0 aliphatic carbocycles. The van der Waals surface area contributed by atoms with Crippen LogP contribution in [-0.2, 0) is 6.42 Å². The van der Waals surface area contributed by atoms with E-state index in [2.05, 4.69) is 19.1 Å². The molecule has 2 aromatic rings. The molecule has 0 amide bonds. The van der Waals surface area contributed by atoms with Crippen molar-refractivity contribution in [2.24, 2.45) is 0 Å². The molecule has 0 spiro atoms. The molecule has 0 bridgehead atoms. The number of hydrogen-bond acceptors (Lipinski definition) is 2. The van der Waals surface area contributed by atoms with Crippen LogP contribution in [0.1, 0.15) is 33.5 Å². The van der Waals surface area contributed by atoms with Crippen molar-refractivity contribution in [3.63, 3.8) is 0 Å². The van der Waals surface area contributed by atoms with E-state index in [9.17, 15) is 4.79 Å². The summed E-state index contributed by atoms with van der Waals surface area (Å²) >= 11 is 0. The zero-order valence-corrected chi connectivity index (χ0v) is 12.3. The second kappa shape index (κ2) is 6.38. The zero-order chi connectivity index (χ0) is 14.5. The van der Waals surface area contributed by atoms with Gasteiger partial charge >= 0.3 is 0 Å². The van der Waals surface area contributed by atoms with Crippen LogP contribution >= 0.6 is 0 Å². The fraction of sp³-hybridized carbons (Fsp3) is 0.278. The van der Waals surface area contributed by atoms with Gasteiger partial charge in [0.15, 0.2) is 5.78 Å². The predicted octanol–water partition coefficient (Wildman–Crippen LogP) is 4.13. The van der Waals surface area contributed by atoms with Crippen molar-refractivity contribution in [1.82, 2.24) is 0 Å². The van der Waals surface area contributed by atoms with Crippen LogP contribution in [0.3, 0.4) is 0 Å². The van der Waals surface area contributed by atoms with Gasteiger partial charge in [0.1, 0.15) is 5.75 Å². The molecule has 104 valence electrons. The van der Waals surface area contributed by atoms with Gasteiger partial charge in [-0.05, 0) is 55.2 Å². The normalized spacial score (nSPS) is 10.3. The average Bonchev–Trinajstić information content (AvgIpc) is 2.46. The Morgan fingerprint density at radius 1 is 1.05 bits per heavy atom. The largest absolute Gasteiger partial charge is 0.497 e. The van der Waals surface area contributed by atoms with Crippen LogP contribution < -0.4 is 4.74 Å². The summed E-state index contributed by atoms with van der Waals surface area (Å²) in [7, 11) is 1.63. The lowest BCUT2D eigenvalue weighted by Crippen LogP contribution is -2.04. The third-order valence-electron chi connectivity index (χ3n) is 3.62. The summed E-state index contributed by atoms with van der Waals surface area (Å²) < 4.78 is 5.16. The van der Waals surface area contributed by atoms with E-state index in [4.69, 9.17) is 4.74 Å². The second-order valence-corrected chi connectivity index (χ2v) is 5.03. The number of rotatable bonds is 5. The van der Waals surface area contributed by atoms with Crippen LogP contribution in [0.5, 0.6) is 5.75 Å². The van der Waals surface area contributed by atoms with Gasteiger partial charge in [-0.25, -0.2) is 0 Å². The van der Waals surface area contributed by atoms with E-state index < -0.39 is 0 Å². The smallest absolute Gasteiger partial charge is 0.163 e. The topological polar surface area (TPSA) is 26.3 Å². The SMILES string of the molecule is COc1ccc(C(=O)CCc2ccccc2C)c(C)c1. The molecular formula is C18H20O2. The third kappa shape index (κ3) is 3.27. The number of benzene rings is 2. The first-order valence-corrected chi connectivity index (χ1v) is 6.84. The maximum atomic E-state index is 12.3. The van der Waals surface area contributed by atoms with Gasteiger partial charge < -0.3 is 4.74 Å². The molecule has 0 unspecified atom stereocenters. The number of ketones is 1. The van der Waals surface area contributed by atoms with Gasteiger partial charge in [-0.3, -0.25) is 4.79 Å². The molecule has 0 saturated carbocycles. The molecule has 0 saturated heterocycles. The van der Waals surface area contributed by atoms with Gasteiger partial charge in [-0.1, -0.05) is 24.3 Å². The van der Waals surface area contributed by atoms with Crippen molar-refractivity contribution in [3.8, 4) is 5.75 Å². The van der Waals surface area contributed by atoms with Gasteiger partial charge in [-0.2, -0.15) is 0 Å². The Balaban J connectivity index is 2.07. The van der Waals surface area contributed by atoms with Gasteiger partial charge in [0, 0.05) is 12.0 Å². The Hall–Kier alpha value is -2.09. The maximum absolute atomic E-state index is 12.3. The van der Waals surface area contributed by atoms with Crippen LogP contribution in [0.25, 0.3) is 0 Å². The third-order valence-corrected chi connectivity index (χ3v) is 3.62. The minimum Gasteiger partial charge on any atom is -0.497 e. The first kappa shape index (κ1) is 14.3. The van der Waals surface area contributed by atoms with Crippen molar-refractivity contribution in [3.05, 3.63) is 64.7 Å². The number of ether oxygens (including phenoxy) is 1. The van der Waals surface area contributed by atoms with Crippen LogP contribution in [-0.4, -0.2) is 12.9 Å². The van der Waals surface area contributed by atoms with Crippen molar-refractivity contribution >= 4 is 5.78 Å². The number of carbonyl (C=O) groups is 1. The van der Waals surface area contributed by atoms with E-state index >= 15 is 0 Å². The molecule has 0 fully saturated rings. The van der Waals surface area contributed by atoms with Crippen LogP contribution in [0, 0.1) is 13.8 Å². The molecule has 0 heterocycles. The number of aryl methyl sites for hydroxylation is 3. The van der Waals surface area contributed by atoms with Crippen LogP contribution in [0.4, 0.5) is 0 Å². The highest BCUT2D eigenvalue weighted by molar-refractivity contribution is 5.97. The minimum absolute atomic E-state index is 0.188. The van der Waals surface area contributed by atoms with Crippen molar-refractivity contribution in [2.75, 3.05) is 7.11 Å². The standard InChI is InChI=1S/C18H20O2/c1-13-6-4-5-7-15(13)8-11-18(19)17-10-9-16(20-3)12-14(17)2/h4-7,9-10,12H,8,11H2,1-3H3. The molecule has 20 heavy (non-hydrogen) atoms. The van der Waals surface area contributed by atoms with E-state index in [1.54, 1.807) is 7.11 Å². The second-order valence-electron chi connectivity index (χ2n) is 5.03. The van der Waals surface area contributed by atoms with E-state index in [-0.39, 0.29) is 5.78 Å². The van der Waals surface area contributed by atoms with E-state index in [1.165, 1.54) is 11.1 Å². The molecule has 0 aromatic heterocycles. The Morgan fingerprint density at radius 3 is 2.45 bits per heavy atom. The molecule has 0 atom stereocenters. The lowest BCUT2D eigenvalue weighted by molar-refractivity contribution is 0.0982. The lowest BCUT2D eigenvalue weighted by Gasteiger charge is -2.08. The predicted molar refractivity (Wildman–Crippen MR) is 81.6 cm³/mol. The molecule has 0 N–H and O–H groups in total. The Morgan fingerprint density at radius 2 is 1.80 bits per heavy atom. The average molecular weight is 268 g/mol. The molecular weight excluding hydrogens is 248 g/mol. The summed E-state index contributed by atoms with van der Waals surface area (Å²) in [5.41, 5.74) is 4.25. The molecule has 2 nitrogen and oxygen atoms in total. The summed E-state index contributed by atoms with van der Waals surface area (Å²) in [5.74, 6) is 0.978. The maximum Gasteiger partial charge on any atom is 0.163 e. The molecule has 2 heteroatoms. The van der Waals surface area contributed by atoms with Crippen LogP contribution in [0.2, 0.25) is 0 Å². The highest BCUT2D eigenvalue weighted by Crippen LogP contribution is 2.19. The van der Waals surface area contributed by atoms with E-state index in [0.29, 0.717) is 6.42 Å². The van der Waals surface area contributed by atoms with Gasteiger partial charge in [0.2, 0.25) is 0 Å². The van der Waals surface area contributed by atoms with Gasteiger partial charge in [-0.15, -0.1) is 0 Å². The quantitative estimate of drug-likeness (QED) is 0.762. The molecule has 2 rings (SSSR count). The summed E-state index contributed by atoms with van der Waals surface area (Å²) in [6, 6.07) is 13.8. The van der Waals surface area contributed by atoms with Gasteiger partial charge in [0.05, 0.1) is 7.11 Å². The lowest BCUT2D eigenvalue weighted by atomic mass is 9.97. The Labute approximate surface area is 120 Å². The fourth-order valence-electron chi connectivity index (χ4n) is 2.35. The molecule has 0 aliphatic rings. The minimum atomic E-state index is 0.188. The van der Waals surface area contributed by atoms with E-state index in [1.807, 2.05) is 37.3 Å². The molecule has 0 aliphatic heterocycles. The molecule has 0 radical (unpaired) electrons. The number of Topliss-reactive ketones (excluding diaryl/α,β-unsaturated/α-hetero) is 1. The first-order valence-electron chi connectivity index (χ1n) is 6.84.